The van der Waals surface area contributed by atoms with Crippen LogP contribution in [0.25, 0.3) is 5.57 Å². The van der Waals surface area contributed by atoms with E-state index in [-0.39, 0.29) is 22.0 Å². The van der Waals surface area contributed by atoms with Crippen molar-refractivity contribution in [1.82, 2.24) is 13.5 Å². The second-order valence-electron chi connectivity index (χ2n) is 9.28. The van der Waals surface area contributed by atoms with Crippen molar-refractivity contribution < 1.29 is 25.6 Å². The van der Waals surface area contributed by atoms with E-state index in [9.17, 15) is 25.6 Å². The quantitative estimate of drug-likeness (QED) is 0.491. The SMILES string of the molecule is CN(C)S(=O)(=O)c1ccccc1S(=O)(=O)n1nc(C2=CCN(c3c(F)cccc3F)CC2)c2c1CCCN2. The molecule has 38 heavy (non-hydrogen) atoms. The van der Waals surface area contributed by atoms with Crippen molar-refractivity contribution in [3.8, 4) is 0 Å². The lowest BCUT2D eigenvalue weighted by Crippen LogP contribution is -2.30. The van der Waals surface area contributed by atoms with Crippen LogP contribution in [-0.4, -0.2) is 64.1 Å². The normalized spacial score (nSPS) is 16.2. The van der Waals surface area contributed by atoms with Crippen molar-refractivity contribution >= 4 is 37.0 Å². The number of rotatable bonds is 6. The number of halogens is 2. The zero-order valence-electron chi connectivity index (χ0n) is 20.9. The number of anilines is 2. The van der Waals surface area contributed by atoms with Crippen LogP contribution in [0, 0.1) is 11.6 Å². The third kappa shape index (κ3) is 4.37. The fraction of sp³-hybridized carbons (Fsp3) is 0.320. The number of para-hydroxylation sites is 1. The predicted octanol–water partition coefficient (Wildman–Crippen LogP) is 3.30. The summed E-state index contributed by atoms with van der Waals surface area (Å²) in [5.41, 5.74) is 2.09. The Morgan fingerprint density at radius 3 is 2.26 bits per heavy atom. The molecule has 1 aromatic heterocycles. The third-order valence-corrected chi connectivity index (χ3v) is 10.4. The fourth-order valence-corrected chi connectivity index (χ4v) is 7.80. The molecule has 3 heterocycles. The van der Waals surface area contributed by atoms with E-state index in [1.54, 1.807) is 11.0 Å². The van der Waals surface area contributed by atoms with Crippen molar-refractivity contribution in [3.05, 3.63) is 71.6 Å². The summed E-state index contributed by atoms with van der Waals surface area (Å²) in [5.74, 6) is -1.30. The number of sulfonamides is 1. The summed E-state index contributed by atoms with van der Waals surface area (Å²) in [7, 11) is -5.77. The third-order valence-electron chi connectivity index (χ3n) is 6.72. The van der Waals surface area contributed by atoms with Gasteiger partial charge in [-0.15, -0.1) is 0 Å². The molecule has 0 amide bonds. The Hall–Kier alpha value is -3.29. The summed E-state index contributed by atoms with van der Waals surface area (Å²) < 4.78 is 84.1. The second-order valence-corrected chi connectivity index (χ2v) is 13.1. The molecular weight excluding hydrogens is 536 g/mol. The van der Waals surface area contributed by atoms with Gasteiger partial charge in [0.25, 0.3) is 10.0 Å². The number of fused-ring (bicyclic) bond motifs is 1. The van der Waals surface area contributed by atoms with E-state index in [0.717, 1.165) is 14.0 Å². The van der Waals surface area contributed by atoms with Gasteiger partial charge in [-0.05, 0) is 49.1 Å². The van der Waals surface area contributed by atoms with Crippen molar-refractivity contribution in [2.75, 3.05) is 43.9 Å². The maximum absolute atomic E-state index is 14.3. The minimum atomic E-state index is -4.39. The summed E-state index contributed by atoms with van der Waals surface area (Å²) >= 11 is 0. The number of benzene rings is 2. The Kier molecular flexibility index (Phi) is 6.78. The molecule has 3 aromatic rings. The van der Waals surface area contributed by atoms with Gasteiger partial charge in [0.2, 0.25) is 10.0 Å². The van der Waals surface area contributed by atoms with Crippen LogP contribution >= 0.6 is 0 Å². The molecule has 2 aliphatic heterocycles. The molecule has 0 unspecified atom stereocenters. The van der Waals surface area contributed by atoms with Crippen LogP contribution in [-0.2, 0) is 26.5 Å². The summed E-state index contributed by atoms with van der Waals surface area (Å²) in [4.78, 5) is 0.887. The van der Waals surface area contributed by atoms with E-state index in [4.69, 9.17) is 0 Å². The number of nitrogens with one attached hydrogen (secondary N) is 1. The Bertz CT molecular complexity index is 1630. The molecule has 9 nitrogen and oxygen atoms in total. The smallest absolute Gasteiger partial charge is 0.284 e. The van der Waals surface area contributed by atoms with Gasteiger partial charge in [0.05, 0.1) is 11.4 Å². The molecule has 202 valence electrons. The molecule has 0 saturated carbocycles. The van der Waals surface area contributed by atoms with E-state index in [2.05, 4.69) is 10.4 Å². The Labute approximate surface area is 220 Å². The van der Waals surface area contributed by atoms with Gasteiger partial charge in [-0.3, -0.25) is 0 Å². The first kappa shape index (κ1) is 26.3. The highest BCUT2D eigenvalue weighted by Crippen LogP contribution is 2.37. The molecule has 2 aliphatic rings. The molecule has 0 spiro atoms. The largest absolute Gasteiger partial charge is 0.382 e. The van der Waals surface area contributed by atoms with Crippen LogP contribution in [0.2, 0.25) is 0 Å². The average molecular weight is 564 g/mol. The van der Waals surface area contributed by atoms with Crippen LogP contribution in [0.15, 0.2) is 58.3 Å². The van der Waals surface area contributed by atoms with Crippen LogP contribution in [0.1, 0.15) is 24.2 Å². The average Bonchev–Trinajstić information content (AvgIpc) is 3.29. The topological polar surface area (TPSA) is 105 Å². The highest BCUT2D eigenvalue weighted by molar-refractivity contribution is 7.92. The van der Waals surface area contributed by atoms with Gasteiger partial charge >= 0.3 is 0 Å². The predicted molar refractivity (Wildman–Crippen MR) is 140 cm³/mol. The molecule has 0 saturated heterocycles. The summed E-state index contributed by atoms with van der Waals surface area (Å²) in [5, 5.41) is 7.74. The van der Waals surface area contributed by atoms with Gasteiger partial charge < -0.3 is 10.2 Å². The lowest BCUT2D eigenvalue weighted by atomic mass is 10.0. The van der Waals surface area contributed by atoms with Gasteiger partial charge in [-0.25, -0.2) is 21.5 Å². The van der Waals surface area contributed by atoms with E-state index >= 15 is 0 Å². The van der Waals surface area contributed by atoms with Gasteiger partial charge in [-0.1, -0.05) is 24.3 Å². The molecule has 0 bridgehead atoms. The Morgan fingerprint density at radius 1 is 0.947 bits per heavy atom. The molecule has 1 N–H and O–H groups in total. The lowest BCUT2D eigenvalue weighted by molar-refractivity contribution is 0.516. The van der Waals surface area contributed by atoms with E-state index < -0.39 is 31.7 Å². The fourth-order valence-electron chi connectivity index (χ4n) is 4.78. The molecule has 0 aliphatic carbocycles. The monoisotopic (exact) mass is 563 g/mol. The number of aromatic nitrogens is 2. The molecule has 0 atom stereocenters. The van der Waals surface area contributed by atoms with Gasteiger partial charge in [0.1, 0.15) is 32.8 Å². The molecular formula is C25H27F2N5O4S2. The maximum atomic E-state index is 14.3. The molecule has 0 fully saturated rings. The van der Waals surface area contributed by atoms with Crippen molar-refractivity contribution in [2.24, 2.45) is 0 Å². The van der Waals surface area contributed by atoms with E-state index in [1.165, 1.54) is 56.6 Å². The maximum Gasteiger partial charge on any atom is 0.284 e. The highest BCUT2D eigenvalue weighted by atomic mass is 32.2. The first-order valence-corrected chi connectivity index (χ1v) is 14.9. The molecule has 2 aromatic carbocycles. The first-order chi connectivity index (χ1) is 18.0. The molecule has 5 rings (SSSR count). The van der Waals surface area contributed by atoms with E-state index in [1.807, 2.05) is 0 Å². The van der Waals surface area contributed by atoms with Crippen molar-refractivity contribution in [1.29, 1.82) is 0 Å². The van der Waals surface area contributed by atoms with Gasteiger partial charge in [0.15, 0.2) is 0 Å². The number of hydrogen-bond acceptors (Lipinski definition) is 7. The van der Waals surface area contributed by atoms with Crippen LogP contribution < -0.4 is 10.2 Å². The highest BCUT2D eigenvalue weighted by Gasteiger charge is 2.34. The van der Waals surface area contributed by atoms with Crippen LogP contribution in [0.4, 0.5) is 20.2 Å². The van der Waals surface area contributed by atoms with Gasteiger partial charge in [0, 0.05) is 33.7 Å². The minimum absolute atomic E-state index is 0.102. The summed E-state index contributed by atoms with van der Waals surface area (Å²) in [6.45, 7) is 1.14. The van der Waals surface area contributed by atoms with Crippen LogP contribution in [0.3, 0.4) is 0 Å². The Morgan fingerprint density at radius 2 is 1.63 bits per heavy atom. The van der Waals surface area contributed by atoms with E-state index in [0.29, 0.717) is 49.4 Å². The zero-order valence-corrected chi connectivity index (χ0v) is 22.5. The summed E-state index contributed by atoms with van der Waals surface area (Å²) in [6.07, 6.45) is 3.27. The standard InChI is InChI=1S/C25H27F2N5O4S2/c1-30(2)37(33,34)21-10-3-4-11-22(21)38(35,36)32-20-9-6-14-28-24(20)23(29-32)17-12-15-31(16-13-17)25-18(26)7-5-8-19(25)27/h3-5,7-8,10-12,28H,6,9,13-16H2,1-2H3. The number of hydrogen-bond donors (Lipinski definition) is 1. The number of nitrogens with zero attached hydrogens (tertiary/aromatic N) is 4. The zero-order chi connectivity index (χ0) is 27.2. The first-order valence-electron chi connectivity index (χ1n) is 12.0. The summed E-state index contributed by atoms with van der Waals surface area (Å²) in [6, 6.07) is 9.19. The van der Waals surface area contributed by atoms with Crippen LogP contribution in [0.5, 0.6) is 0 Å². The van der Waals surface area contributed by atoms with Gasteiger partial charge in [-0.2, -0.15) is 17.6 Å². The Balaban J connectivity index is 1.57. The molecule has 13 heteroatoms. The minimum Gasteiger partial charge on any atom is -0.382 e. The van der Waals surface area contributed by atoms with Crippen molar-refractivity contribution in [3.63, 3.8) is 0 Å². The lowest BCUT2D eigenvalue weighted by Gasteiger charge is -2.29. The molecule has 0 radical (unpaired) electrons. The second kappa shape index (κ2) is 9.79. The van der Waals surface area contributed by atoms with Crippen molar-refractivity contribution in [2.45, 2.75) is 29.1 Å².